The summed E-state index contributed by atoms with van der Waals surface area (Å²) in [4.78, 5) is 40.7. The average molecular weight is 576 g/mol. The van der Waals surface area contributed by atoms with E-state index in [0.29, 0.717) is 43.6 Å². The lowest BCUT2D eigenvalue weighted by Crippen LogP contribution is -2.47. The summed E-state index contributed by atoms with van der Waals surface area (Å²) in [5, 5.41) is 3.71. The van der Waals surface area contributed by atoms with Crippen molar-refractivity contribution in [1.82, 2.24) is 14.8 Å². The third-order valence-electron chi connectivity index (χ3n) is 8.72. The monoisotopic (exact) mass is 575 g/mol. The number of fused-ring (bicyclic) bond motifs is 1. The van der Waals surface area contributed by atoms with Gasteiger partial charge in [0.15, 0.2) is 0 Å². The number of alkyl halides is 3. The number of hydrogen-bond donors (Lipinski definition) is 1. The number of carbonyl (C=O) groups is 2. The predicted octanol–water partition coefficient (Wildman–Crippen LogP) is 3.86. The second-order valence-corrected chi connectivity index (χ2v) is 11.5. The number of hydrogen-bond acceptors (Lipinski definition) is 6. The maximum absolute atomic E-state index is 14.0. The quantitative estimate of drug-likeness (QED) is 0.527. The Balaban J connectivity index is 1.35. The fourth-order valence-corrected chi connectivity index (χ4v) is 6.46. The van der Waals surface area contributed by atoms with E-state index in [9.17, 15) is 27.6 Å². The fourth-order valence-electron chi connectivity index (χ4n) is 6.46. The number of nitrogens with one attached hydrogen (secondary N) is 1. The number of rotatable bonds is 6. The van der Waals surface area contributed by atoms with Crippen molar-refractivity contribution in [3.8, 4) is 0 Å². The van der Waals surface area contributed by atoms with Crippen LogP contribution in [-0.4, -0.2) is 59.3 Å². The van der Waals surface area contributed by atoms with E-state index in [1.54, 1.807) is 31.2 Å². The number of carbonyl (C=O) groups excluding carboxylic acids is 2. The van der Waals surface area contributed by atoms with E-state index in [0.717, 1.165) is 12.5 Å². The molecule has 11 heteroatoms. The van der Waals surface area contributed by atoms with E-state index in [1.807, 2.05) is 6.07 Å². The summed E-state index contributed by atoms with van der Waals surface area (Å²) in [7, 11) is 0. The van der Waals surface area contributed by atoms with Crippen molar-refractivity contribution >= 4 is 11.9 Å². The minimum absolute atomic E-state index is 0.00825. The van der Waals surface area contributed by atoms with Crippen LogP contribution in [0.3, 0.4) is 0 Å². The van der Waals surface area contributed by atoms with Crippen molar-refractivity contribution in [3.63, 3.8) is 0 Å². The number of halogens is 3. The van der Waals surface area contributed by atoms with Crippen LogP contribution in [0.5, 0.6) is 0 Å². The van der Waals surface area contributed by atoms with Gasteiger partial charge in [0.25, 0.3) is 5.56 Å². The van der Waals surface area contributed by atoms with E-state index in [4.69, 9.17) is 9.47 Å². The molecule has 1 saturated heterocycles. The molecule has 8 nitrogen and oxygen atoms in total. The Morgan fingerprint density at radius 2 is 1.88 bits per heavy atom. The van der Waals surface area contributed by atoms with Crippen molar-refractivity contribution in [2.45, 2.75) is 70.6 Å². The average Bonchev–Trinajstić information content (AvgIpc) is 3.37. The van der Waals surface area contributed by atoms with E-state index in [2.05, 4.69) is 12.2 Å². The lowest BCUT2D eigenvalue weighted by molar-refractivity contribution is -0.139. The van der Waals surface area contributed by atoms with Crippen LogP contribution < -0.4 is 10.9 Å². The van der Waals surface area contributed by atoms with Crippen LogP contribution in [0.25, 0.3) is 0 Å². The van der Waals surface area contributed by atoms with Gasteiger partial charge in [0.05, 0.1) is 24.3 Å². The number of pyridine rings is 1. The molecular formula is C30H36F3N3O5. The van der Waals surface area contributed by atoms with Gasteiger partial charge in [-0.2, -0.15) is 13.2 Å². The van der Waals surface area contributed by atoms with Crippen LogP contribution in [0, 0.1) is 17.8 Å². The molecule has 2 aromatic rings. The van der Waals surface area contributed by atoms with Crippen molar-refractivity contribution < 1.29 is 32.2 Å². The molecule has 1 aromatic heterocycles. The molecule has 1 amide bonds. The van der Waals surface area contributed by atoms with Gasteiger partial charge in [-0.15, -0.1) is 0 Å². The SMILES string of the molecule is CC1COCCC1N[C@H]1CC(C(=O)N2CCn3c(cc(C(F)(F)F)cc3=O)C2)C(C(C)OC(=O)c2ccccc2)C1. The number of nitrogens with zero attached hydrogens (tertiary/aromatic N) is 2. The second kappa shape index (κ2) is 12.0. The molecule has 0 bridgehead atoms. The first-order valence-electron chi connectivity index (χ1n) is 14.2. The zero-order valence-corrected chi connectivity index (χ0v) is 23.2. The summed E-state index contributed by atoms with van der Waals surface area (Å²) in [6.45, 7) is 5.49. The van der Waals surface area contributed by atoms with Crippen molar-refractivity contribution in [2.75, 3.05) is 19.8 Å². The van der Waals surface area contributed by atoms with Gasteiger partial charge in [-0.05, 0) is 50.3 Å². The molecule has 5 rings (SSSR count). The van der Waals surface area contributed by atoms with Gasteiger partial charge in [-0.1, -0.05) is 25.1 Å². The van der Waals surface area contributed by atoms with Crippen molar-refractivity contribution in [3.05, 3.63) is 69.6 Å². The van der Waals surface area contributed by atoms with Crippen LogP contribution in [0.15, 0.2) is 47.3 Å². The highest BCUT2D eigenvalue weighted by molar-refractivity contribution is 5.89. The molecule has 3 aliphatic rings. The van der Waals surface area contributed by atoms with E-state index in [-0.39, 0.29) is 49.2 Å². The molecule has 222 valence electrons. The van der Waals surface area contributed by atoms with Crippen molar-refractivity contribution in [2.24, 2.45) is 17.8 Å². The molecule has 6 atom stereocenters. The number of amides is 1. The molecular weight excluding hydrogens is 539 g/mol. The molecule has 41 heavy (non-hydrogen) atoms. The first-order valence-corrected chi connectivity index (χ1v) is 14.2. The molecule has 1 saturated carbocycles. The highest BCUT2D eigenvalue weighted by Gasteiger charge is 2.45. The molecule has 1 aliphatic carbocycles. The van der Waals surface area contributed by atoms with Crippen molar-refractivity contribution in [1.29, 1.82) is 0 Å². The Morgan fingerprint density at radius 1 is 1.12 bits per heavy atom. The Morgan fingerprint density at radius 3 is 2.59 bits per heavy atom. The van der Waals surface area contributed by atoms with Gasteiger partial charge in [-0.3, -0.25) is 9.59 Å². The van der Waals surface area contributed by atoms with Crippen LogP contribution in [0.4, 0.5) is 13.2 Å². The maximum atomic E-state index is 14.0. The summed E-state index contributed by atoms with van der Waals surface area (Å²) in [5.74, 6) is -1.13. The van der Waals surface area contributed by atoms with Gasteiger partial charge in [0.2, 0.25) is 5.91 Å². The number of aromatic nitrogens is 1. The minimum Gasteiger partial charge on any atom is -0.459 e. The summed E-state index contributed by atoms with van der Waals surface area (Å²) in [6.07, 6.45) is -3.22. The number of benzene rings is 1. The Kier molecular flexibility index (Phi) is 8.56. The molecule has 5 unspecified atom stereocenters. The zero-order chi connectivity index (χ0) is 29.3. The highest BCUT2D eigenvalue weighted by Crippen LogP contribution is 2.39. The standard InChI is InChI=1S/C30H36F3N3O5/c1-18-17-40-11-8-26(18)34-22-14-24(19(2)41-29(39)20-6-4-3-5-7-20)25(15-22)28(38)35-9-10-36-23(16-35)12-21(13-27(36)37)30(31,32)33/h3-7,12-13,18-19,22,24-26,34H,8-11,14-17H2,1-2H3/t18?,19?,22-,24?,25?,26?/m1/s1. The van der Waals surface area contributed by atoms with Crippen LogP contribution in [0.1, 0.15) is 54.7 Å². The molecule has 2 fully saturated rings. The Hall–Kier alpha value is -3.18. The molecule has 2 aliphatic heterocycles. The predicted molar refractivity (Wildman–Crippen MR) is 144 cm³/mol. The highest BCUT2D eigenvalue weighted by atomic mass is 19.4. The Labute approximate surface area is 236 Å². The molecule has 1 N–H and O–H groups in total. The molecule has 1 aromatic carbocycles. The second-order valence-electron chi connectivity index (χ2n) is 11.5. The number of ether oxygens (including phenoxy) is 2. The molecule has 0 radical (unpaired) electrons. The zero-order valence-electron chi connectivity index (χ0n) is 23.2. The molecule has 0 spiro atoms. The summed E-state index contributed by atoms with van der Waals surface area (Å²) in [6, 6.07) is 10.5. The van der Waals surface area contributed by atoms with E-state index >= 15 is 0 Å². The van der Waals surface area contributed by atoms with Crippen LogP contribution in [0.2, 0.25) is 0 Å². The van der Waals surface area contributed by atoms with Gasteiger partial charge < -0.3 is 24.3 Å². The molecule has 3 heterocycles. The summed E-state index contributed by atoms with van der Waals surface area (Å²) in [5.41, 5.74) is -1.16. The third kappa shape index (κ3) is 6.51. The topological polar surface area (TPSA) is 89.9 Å². The van der Waals surface area contributed by atoms with E-state index < -0.39 is 35.3 Å². The fraction of sp³-hybridized carbons (Fsp3) is 0.567. The van der Waals surface area contributed by atoms with Crippen LogP contribution >= 0.6 is 0 Å². The lowest BCUT2D eigenvalue weighted by atomic mass is 9.89. The van der Waals surface area contributed by atoms with Crippen LogP contribution in [-0.2, 0) is 33.5 Å². The first-order chi connectivity index (χ1) is 19.5. The lowest BCUT2D eigenvalue weighted by Gasteiger charge is -2.34. The smallest absolute Gasteiger partial charge is 0.416 e. The largest absolute Gasteiger partial charge is 0.459 e. The summed E-state index contributed by atoms with van der Waals surface area (Å²) >= 11 is 0. The summed E-state index contributed by atoms with van der Waals surface area (Å²) < 4.78 is 52.9. The normalized spacial score (nSPS) is 27.2. The minimum atomic E-state index is -4.66. The van der Waals surface area contributed by atoms with Gasteiger partial charge in [0.1, 0.15) is 6.10 Å². The van der Waals surface area contributed by atoms with Gasteiger partial charge in [-0.25, -0.2) is 4.79 Å². The third-order valence-corrected chi connectivity index (χ3v) is 8.72. The number of esters is 1. The maximum Gasteiger partial charge on any atom is 0.416 e. The van der Waals surface area contributed by atoms with Gasteiger partial charge >= 0.3 is 12.1 Å². The Bertz CT molecular complexity index is 1310. The van der Waals surface area contributed by atoms with E-state index in [1.165, 1.54) is 9.47 Å². The first kappa shape index (κ1) is 29.3. The van der Waals surface area contributed by atoms with Gasteiger partial charge in [0, 0.05) is 55.4 Å².